The lowest BCUT2D eigenvalue weighted by atomic mass is 9.77. The molecular weight excluding hydrogens is 652 g/mol. The fraction of sp³-hybridized carbons (Fsp3) is 0.622. The SMILES string of the molecule is C=C(C)C(=O)OC(C)(C)CCCCCC(=O)OC(C)(C)CCCCCOc1ccc(C(=O)Oc2ccc(C3CCC(CCCCC)CC3)cc2)cc1. The first-order chi connectivity index (χ1) is 24.8. The number of carbonyl (C=O) groups excluding carboxylic acids is 3. The summed E-state index contributed by atoms with van der Waals surface area (Å²) in [7, 11) is 0. The Bertz CT molecular complexity index is 1380. The van der Waals surface area contributed by atoms with Crippen LogP contribution in [-0.2, 0) is 19.1 Å². The second-order valence-electron chi connectivity index (χ2n) is 16.1. The highest BCUT2D eigenvalue weighted by molar-refractivity contribution is 5.91. The molecular formula is C45H66O7. The molecule has 0 bridgehead atoms. The number of hydrogen-bond acceptors (Lipinski definition) is 7. The first kappa shape index (κ1) is 42.8. The van der Waals surface area contributed by atoms with Crippen molar-refractivity contribution >= 4 is 17.9 Å². The topological polar surface area (TPSA) is 88.1 Å². The molecule has 0 saturated heterocycles. The molecule has 0 aromatic heterocycles. The summed E-state index contributed by atoms with van der Waals surface area (Å²) in [4.78, 5) is 37.0. The number of hydrogen-bond donors (Lipinski definition) is 0. The van der Waals surface area contributed by atoms with Crippen LogP contribution in [0.2, 0.25) is 0 Å². The van der Waals surface area contributed by atoms with Crippen LogP contribution in [0.25, 0.3) is 0 Å². The lowest BCUT2D eigenvalue weighted by Crippen LogP contribution is -2.28. The van der Waals surface area contributed by atoms with Crippen LogP contribution in [-0.4, -0.2) is 35.7 Å². The van der Waals surface area contributed by atoms with Crippen molar-refractivity contribution in [1.29, 1.82) is 0 Å². The van der Waals surface area contributed by atoms with E-state index in [0.29, 0.717) is 41.6 Å². The molecule has 2 aromatic rings. The van der Waals surface area contributed by atoms with Gasteiger partial charge in [-0.25, -0.2) is 9.59 Å². The van der Waals surface area contributed by atoms with Gasteiger partial charge in [0.25, 0.3) is 0 Å². The number of ether oxygens (including phenoxy) is 4. The third-order valence-electron chi connectivity index (χ3n) is 10.2. The second-order valence-corrected chi connectivity index (χ2v) is 16.1. The molecule has 0 amide bonds. The van der Waals surface area contributed by atoms with Crippen LogP contribution in [0.1, 0.15) is 173 Å². The first-order valence-electron chi connectivity index (χ1n) is 19.9. The van der Waals surface area contributed by atoms with Gasteiger partial charge in [0.1, 0.15) is 22.7 Å². The van der Waals surface area contributed by atoms with E-state index in [1.165, 1.54) is 56.9 Å². The van der Waals surface area contributed by atoms with Crippen LogP contribution in [0.3, 0.4) is 0 Å². The van der Waals surface area contributed by atoms with Crippen LogP contribution >= 0.6 is 0 Å². The minimum Gasteiger partial charge on any atom is -0.494 e. The summed E-state index contributed by atoms with van der Waals surface area (Å²) in [5.74, 6) is 1.86. The highest BCUT2D eigenvalue weighted by Gasteiger charge is 2.25. The van der Waals surface area contributed by atoms with Gasteiger partial charge in [-0.1, -0.05) is 57.7 Å². The molecule has 0 spiro atoms. The van der Waals surface area contributed by atoms with Crippen molar-refractivity contribution in [2.75, 3.05) is 6.61 Å². The van der Waals surface area contributed by atoms with Crippen molar-refractivity contribution in [2.45, 2.75) is 168 Å². The third kappa shape index (κ3) is 16.4. The van der Waals surface area contributed by atoms with E-state index in [1.54, 1.807) is 31.2 Å². The molecule has 0 unspecified atom stereocenters. The van der Waals surface area contributed by atoms with E-state index in [9.17, 15) is 14.4 Å². The van der Waals surface area contributed by atoms with Crippen molar-refractivity contribution in [3.8, 4) is 11.5 Å². The molecule has 288 valence electrons. The zero-order valence-electron chi connectivity index (χ0n) is 33.1. The van der Waals surface area contributed by atoms with E-state index >= 15 is 0 Å². The minimum absolute atomic E-state index is 0.174. The third-order valence-corrected chi connectivity index (χ3v) is 10.2. The number of unbranched alkanes of at least 4 members (excludes halogenated alkanes) is 6. The van der Waals surface area contributed by atoms with Gasteiger partial charge in [-0.15, -0.1) is 0 Å². The van der Waals surface area contributed by atoms with E-state index in [4.69, 9.17) is 18.9 Å². The Morgan fingerprint density at radius 1 is 0.712 bits per heavy atom. The Balaban J connectivity index is 1.25. The Kier molecular flexibility index (Phi) is 17.9. The van der Waals surface area contributed by atoms with E-state index < -0.39 is 11.2 Å². The van der Waals surface area contributed by atoms with Crippen LogP contribution in [0, 0.1) is 5.92 Å². The molecule has 0 heterocycles. The standard InChI is InChI=1S/C45H66O7/c1-8-9-12-17-35-19-21-36(22-20-35)37-23-29-40(30-24-37)50-43(48)38-25-27-39(28-26-38)49-33-16-11-15-31-44(4,5)51-41(46)18-13-10-14-32-45(6,7)52-42(47)34(2)3/h23-30,35-36H,2,8-22,31-33H2,1,3-7H3. The molecule has 2 aromatic carbocycles. The first-order valence-corrected chi connectivity index (χ1v) is 19.9. The maximum atomic E-state index is 12.8. The molecule has 0 N–H and O–H groups in total. The van der Waals surface area contributed by atoms with Gasteiger partial charge in [-0.05, 0) is 159 Å². The van der Waals surface area contributed by atoms with Crippen LogP contribution in [0.5, 0.6) is 11.5 Å². The molecule has 1 aliphatic rings. The molecule has 1 aliphatic carbocycles. The average molecular weight is 719 g/mol. The van der Waals surface area contributed by atoms with Crippen molar-refractivity contribution in [1.82, 2.24) is 0 Å². The fourth-order valence-electron chi connectivity index (χ4n) is 6.94. The zero-order chi connectivity index (χ0) is 38.0. The number of rotatable bonds is 23. The van der Waals surface area contributed by atoms with E-state index in [1.807, 2.05) is 39.8 Å². The van der Waals surface area contributed by atoms with Crippen molar-refractivity contribution in [3.05, 3.63) is 71.8 Å². The molecule has 7 heteroatoms. The van der Waals surface area contributed by atoms with Crippen molar-refractivity contribution < 1.29 is 33.3 Å². The lowest BCUT2D eigenvalue weighted by molar-refractivity contribution is -0.157. The quantitative estimate of drug-likeness (QED) is 0.0489. The molecule has 1 saturated carbocycles. The van der Waals surface area contributed by atoms with Crippen LogP contribution in [0.15, 0.2) is 60.7 Å². The number of esters is 3. The van der Waals surface area contributed by atoms with Crippen molar-refractivity contribution in [2.24, 2.45) is 5.92 Å². The smallest absolute Gasteiger partial charge is 0.343 e. The maximum absolute atomic E-state index is 12.8. The summed E-state index contributed by atoms with van der Waals surface area (Å²) in [6.45, 7) is 15.8. The van der Waals surface area contributed by atoms with Gasteiger partial charge in [0, 0.05) is 12.0 Å². The summed E-state index contributed by atoms with van der Waals surface area (Å²) in [5, 5.41) is 0. The van der Waals surface area contributed by atoms with Gasteiger partial charge in [-0.3, -0.25) is 4.79 Å². The Morgan fingerprint density at radius 2 is 1.31 bits per heavy atom. The number of carbonyl (C=O) groups is 3. The molecule has 0 radical (unpaired) electrons. The summed E-state index contributed by atoms with van der Waals surface area (Å²) in [6, 6.07) is 15.2. The maximum Gasteiger partial charge on any atom is 0.343 e. The highest BCUT2D eigenvalue weighted by atomic mass is 16.6. The summed E-state index contributed by atoms with van der Waals surface area (Å²) < 4.78 is 22.8. The Morgan fingerprint density at radius 3 is 1.92 bits per heavy atom. The molecule has 3 rings (SSSR count). The van der Waals surface area contributed by atoms with Crippen LogP contribution in [0.4, 0.5) is 0 Å². The predicted octanol–water partition coefficient (Wildman–Crippen LogP) is 11.9. The normalized spacial score (nSPS) is 16.2. The number of benzene rings is 2. The zero-order valence-corrected chi connectivity index (χ0v) is 33.1. The van der Waals surface area contributed by atoms with Gasteiger partial charge in [-0.2, -0.15) is 0 Å². The van der Waals surface area contributed by atoms with Crippen LogP contribution < -0.4 is 9.47 Å². The van der Waals surface area contributed by atoms with Gasteiger partial charge < -0.3 is 18.9 Å². The Labute approximate surface area is 314 Å². The monoisotopic (exact) mass is 718 g/mol. The summed E-state index contributed by atoms with van der Waals surface area (Å²) >= 11 is 0. The predicted molar refractivity (Wildman–Crippen MR) is 209 cm³/mol. The average Bonchev–Trinajstić information content (AvgIpc) is 3.10. The van der Waals surface area contributed by atoms with E-state index in [-0.39, 0.29) is 17.9 Å². The second kappa shape index (κ2) is 21.8. The van der Waals surface area contributed by atoms with Gasteiger partial charge >= 0.3 is 17.9 Å². The minimum atomic E-state index is -0.552. The Hall–Kier alpha value is -3.61. The highest BCUT2D eigenvalue weighted by Crippen LogP contribution is 2.38. The van der Waals surface area contributed by atoms with E-state index in [2.05, 4.69) is 25.6 Å². The molecule has 0 atom stereocenters. The molecule has 0 aliphatic heterocycles. The largest absolute Gasteiger partial charge is 0.494 e. The molecule has 1 fully saturated rings. The van der Waals surface area contributed by atoms with Crippen molar-refractivity contribution in [3.63, 3.8) is 0 Å². The molecule has 7 nitrogen and oxygen atoms in total. The van der Waals surface area contributed by atoms with E-state index in [0.717, 1.165) is 57.3 Å². The lowest BCUT2D eigenvalue weighted by Gasteiger charge is -2.29. The summed E-state index contributed by atoms with van der Waals surface area (Å²) in [5.41, 5.74) is 1.16. The van der Waals surface area contributed by atoms with Gasteiger partial charge in [0.15, 0.2) is 0 Å². The van der Waals surface area contributed by atoms with Gasteiger partial charge in [0.05, 0.1) is 12.2 Å². The summed E-state index contributed by atoms with van der Waals surface area (Å²) in [6.07, 6.45) is 17.7. The van der Waals surface area contributed by atoms with Gasteiger partial charge in [0.2, 0.25) is 0 Å². The molecule has 52 heavy (non-hydrogen) atoms. The fourth-order valence-corrected chi connectivity index (χ4v) is 6.94.